The third-order valence-electron chi connectivity index (χ3n) is 9.67. The maximum atomic E-state index is 12.7. The highest BCUT2D eigenvalue weighted by Crippen LogP contribution is 2.64. The van der Waals surface area contributed by atoms with Gasteiger partial charge >= 0.3 is 0 Å². The lowest BCUT2D eigenvalue weighted by Gasteiger charge is -2.60. The van der Waals surface area contributed by atoms with Gasteiger partial charge in [0.25, 0.3) is 0 Å². The number of carbonyl (C=O) groups is 1. The molecule has 1 saturated heterocycles. The van der Waals surface area contributed by atoms with Crippen LogP contribution in [0.1, 0.15) is 64.7 Å². The number of aliphatic hydroxyl groups is 1. The molecule has 5 fully saturated rings. The molecule has 5 aliphatic rings. The molecule has 1 aliphatic heterocycles. The molecule has 4 saturated carbocycles. The molecule has 0 aromatic heterocycles. The van der Waals surface area contributed by atoms with Crippen molar-refractivity contribution in [1.82, 2.24) is 5.32 Å². The van der Waals surface area contributed by atoms with Gasteiger partial charge in [-0.2, -0.15) is 0 Å². The van der Waals surface area contributed by atoms with E-state index in [0.29, 0.717) is 23.5 Å². The van der Waals surface area contributed by atoms with Crippen LogP contribution in [-0.4, -0.2) is 55.2 Å². The van der Waals surface area contributed by atoms with Crippen molar-refractivity contribution >= 4 is 17.2 Å². The molecule has 0 aromatic carbocycles. The number of aliphatic imine (C=N–C) groups is 1. The lowest BCUT2D eigenvalue weighted by Crippen LogP contribution is -2.59. The minimum absolute atomic E-state index is 0.112. The number of hydrogen-bond acceptors (Lipinski definition) is 6. The van der Waals surface area contributed by atoms with Crippen molar-refractivity contribution in [3.05, 3.63) is 0 Å². The summed E-state index contributed by atoms with van der Waals surface area (Å²) in [7, 11) is 1.91. The largest absolute Gasteiger partial charge is 0.396 e. The zero-order chi connectivity index (χ0) is 20.9. The van der Waals surface area contributed by atoms with Crippen LogP contribution in [0.3, 0.4) is 0 Å². The van der Waals surface area contributed by atoms with E-state index in [-0.39, 0.29) is 29.5 Å². The summed E-state index contributed by atoms with van der Waals surface area (Å²) in [5.41, 5.74) is 2.11. The van der Waals surface area contributed by atoms with Gasteiger partial charge in [-0.1, -0.05) is 12.1 Å². The Morgan fingerprint density at radius 3 is 2.77 bits per heavy atom. The summed E-state index contributed by atoms with van der Waals surface area (Å²) in [4.78, 5) is 23.3. The quantitative estimate of drug-likeness (QED) is 0.694. The van der Waals surface area contributed by atoms with Crippen LogP contribution in [0.15, 0.2) is 10.1 Å². The van der Waals surface area contributed by atoms with Gasteiger partial charge < -0.3 is 15.3 Å². The van der Waals surface area contributed by atoms with Crippen LogP contribution in [-0.2, 0) is 9.63 Å². The molecular formula is C24H37N3O3. The van der Waals surface area contributed by atoms with E-state index in [2.05, 4.69) is 17.4 Å². The number of hydrogen-bond donors (Lipinski definition) is 2. The number of oxime groups is 1. The van der Waals surface area contributed by atoms with Gasteiger partial charge in [-0.05, 0) is 69.2 Å². The average Bonchev–Trinajstić information content (AvgIpc) is 3.39. The second kappa shape index (κ2) is 7.70. The van der Waals surface area contributed by atoms with Crippen LogP contribution in [0.2, 0.25) is 0 Å². The topological polar surface area (TPSA) is 83.3 Å². The van der Waals surface area contributed by atoms with E-state index in [4.69, 9.17) is 9.83 Å². The van der Waals surface area contributed by atoms with Crippen LogP contribution >= 0.6 is 0 Å². The number of carbonyl (C=O) groups excluding carboxylic acids is 1. The van der Waals surface area contributed by atoms with Crippen molar-refractivity contribution in [3.63, 3.8) is 0 Å². The molecule has 2 N–H and O–H groups in total. The second-order valence-corrected chi connectivity index (χ2v) is 10.7. The van der Waals surface area contributed by atoms with Gasteiger partial charge in [-0.25, -0.2) is 0 Å². The van der Waals surface area contributed by atoms with Crippen LogP contribution in [0.25, 0.3) is 0 Å². The Bertz CT molecular complexity index is 759. The van der Waals surface area contributed by atoms with E-state index in [1.807, 2.05) is 7.05 Å². The zero-order valence-electron chi connectivity index (χ0n) is 18.5. The minimum atomic E-state index is -0.145. The number of fused-ring (bicyclic) bond motifs is 5. The maximum Gasteiger partial charge on any atom is 0.141 e. The maximum absolute atomic E-state index is 12.7. The highest BCUT2D eigenvalue weighted by Gasteiger charge is 2.62. The number of ketones is 1. The number of nitrogens with one attached hydrogen (secondary N) is 1. The third kappa shape index (κ3) is 3.01. The SMILES string of the molecule is CN=C1CC2C(CC[C@]3(C)C(=O)CCC23)C2(CO)CC/C(=N\OC3CCNC3)CC12. The van der Waals surface area contributed by atoms with Gasteiger partial charge in [0.1, 0.15) is 11.9 Å². The number of rotatable bonds is 3. The van der Waals surface area contributed by atoms with Crippen molar-refractivity contribution in [2.45, 2.75) is 70.8 Å². The molecule has 30 heavy (non-hydrogen) atoms. The monoisotopic (exact) mass is 415 g/mol. The highest BCUT2D eigenvalue weighted by molar-refractivity contribution is 5.96. The predicted octanol–water partition coefficient (Wildman–Crippen LogP) is 2.99. The summed E-state index contributed by atoms with van der Waals surface area (Å²) >= 11 is 0. The summed E-state index contributed by atoms with van der Waals surface area (Å²) in [6.45, 7) is 4.32. The molecule has 166 valence electrons. The van der Waals surface area contributed by atoms with E-state index >= 15 is 0 Å². The molecule has 0 spiro atoms. The first kappa shape index (κ1) is 20.6. The summed E-state index contributed by atoms with van der Waals surface area (Å²) < 4.78 is 0. The van der Waals surface area contributed by atoms with E-state index in [0.717, 1.165) is 76.6 Å². The molecule has 0 radical (unpaired) electrons. The fourth-order valence-corrected chi connectivity index (χ4v) is 7.93. The van der Waals surface area contributed by atoms with Gasteiger partial charge in [0.05, 0.1) is 5.71 Å². The van der Waals surface area contributed by atoms with Crippen molar-refractivity contribution in [2.24, 2.45) is 44.6 Å². The molecular weight excluding hydrogens is 378 g/mol. The van der Waals surface area contributed by atoms with Crippen molar-refractivity contribution < 1.29 is 14.7 Å². The first-order valence-electron chi connectivity index (χ1n) is 12.0. The van der Waals surface area contributed by atoms with Gasteiger partial charge in [0, 0.05) is 55.5 Å². The van der Waals surface area contributed by atoms with E-state index < -0.39 is 0 Å². The molecule has 6 nitrogen and oxygen atoms in total. The van der Waals surface area contributed by atoms with Crippen LogP contribution in [0.5, 0.6) is 0 Å². The van der Waals surface area contributed by atoms with Gasteiger partial charge in [0.2, 0.25) is 0 Å². The van der Waals surface area contributed by atoms with Crippen molar-refractivity contribution in [3.8, 4) is 0 Å². The average molecular weight is 416 g/mol. The molecule has 0 amide bonds. The predicted molar refractivity (Wildman–Crippen MR) is 117 cm³/mol. The molecule has 7 atom stereocenters. The summed E-state index contributed by atoms with van der Waals surface area (Å²) in [6.07, 6.45) is 8.73. The first-order chi connectivity index (χ1) is 14.5. The Balaban J connectivity index is 1.41. The molecule has 5 rings (SSSR count). The summed E-state index contributed by atoms with van der Waals surface area (Å²) in [5, 5.41) is 18.7. The molecule has 6 heteroatoms. The molecule has 1 heterocycles. The van der Waals surface area contributed by atoms with Crippen LogP contribution < -0.4 is 5.32 Å². The van der Waals surface area contributed by atoms with E-state index in [9.17, 15) is 9.90 Å². The molecule has 0 aromatic rings. The summed E-state index contributed by atoms with van der Waals surface area (Å²) in [6, 6.07) is 0. The number of Topliss-reactive ketones (excluding diaryl/α,β-unsaturated/α-hetero) is 1. The smallest absolute Gasteiger partial charge is 0.141 e. The second-order valence-electron chi connectivity index (χ2n) is 10.7. The fourth-order valence-electron chi connectivity index (χ4n) is 7.93. The molecule has 4 aliphatic carbocycles. The Morgan fingerprint density at radius 1 is 1.17 bits per heavy atom. The van der Waals surface area contributed by atoms with Crippen LogP contribution in [0.4, 0.5) is 0 Å². The van der Waals surface area contributed by atoms with Crippen molar-refractivity contribution in [1.29, 1.82) is 0 Å². The Labute approximate surface area is 179 Å². The van der Waals surface area contributed by atoms with Crippen molar-refractivity contribution in [2.75, 3.05) is 26.7 Å². The minimum Gasteiger partial charge on any atom is -0.396 e. The zero-order valence-corrected chi connectivity index (χ0v) is 18.5. The Kier molecular flexibility index (Phi) is 5.29. The number of nitrogens with zero attached hydrogens (tertiary/aromatic N) is 2. The molecule has 0 bridgehead atoms. The van der Waals surface area contributed by atoms with Crippen LogP contribution in [0, 0.1) is 34.5 Å². The lowest BCUT2D eigenvalue weighted by molar-refractivity contribution is -0.135. The molecule has 6 unspecified atom stereocenters. The van der Waals surface area contributed by atoms with E-state index in [1.165, 1.54) is 5.71 Å². The lowest BCUT2D eigenvalue weighted by atomic mass is 9.44. The summed E-state index contributed by atoms with van der Waals surface area (Å²) in [5.74, 6) is 2.16. The normalized spacial score (nSPS) is 48.5. The highest BCUT2D eigenvalue weighted by atomic mass is 16.6. The Hall–Kier alpha value is -1.27. The van der Waals surface area contributed by atoms with Gasteiger partial charge in [0.15, 0.2) is 0 Å². The number of aliphatic hydroxyl groups excluding tert-OH is 1. The Morgan fingerprint density at radius 2 is 2.03 bits per heavy atom. The van der Waals surface area contributed by atoms with Gasteiger partial charge in [-0.3, -0.25) is 9.79 Å². The standard InChI is InChI=1S/C24H37N3O3/c1-23-8-6-19-17(18(23)3-4-22(23)29)12-21(25-2)20-11-15(5-9-24(19,20)14-28)27-30-16-7-10-26-13-16/h16-20,26,28H,3-14H2,1-2H3/b25-21?,27-15+/t16?,17?,18?,19?,20?,23-,24?/m0/s1. The fraction of sp³-hybridized carbons (Fsp3) is 0.875. The first-order valence-corrected chi connectivity index (χ1v) is 12.0. The van der Waals surface area contributed by atoms with E-state index in [1.54, 1.807) is 0 Å². The third-order valence-corrected chi connectivity index (χ3v) is 9.67. The van der Waals surface area contributed by atoms with Gasteiger partial charge in [-0.15, -0.1) is 0 Å².